The van der Waals surface area contributed by atoms with Crippen LogP contribution in [0.3, 0.4) is 0 Å². The van der Waals surface area contributed by atoms with Gasteiger partial charge in [-0.15, -0.1) is 0 Å². The number of carbonyl (C=O) groups excluding carboxylic acids is 2. The van der Waals surface area contributed by atoms with Crippen LogP contribution in [0.5, 0.6) is 0 Å². The van der Waals surface area contributed by atoms with Gasteiger partial charge in [0.2, 0.25) is 5.91 Å². The van der Waals surface area contributed by atoms with Crippen molar-refractivity contribution in [1.82, 2.24) is 15.0 Å². The Kier molecular flexibility index (Phi) is 4.18. The van der Waals surface area contributed by atoms with Gasteiger partial charge in [0.05, 0.1) is 11.6 Å². The topological polar surface area (TPSA) is 66.7 Å². The molecule has 22 heavy (non-hydrogen) atoms. The molecule has 3 rings (SSSR count). The number of nitrogens with zero attached hydrogens (tertiary/aromatic N) is 3. The third-order valence-corrected chi connectivity index (χ3v) is 4.67. The van der Waals surface area contributed by atoms with E-state index >= 15 is 0 Å². The minimum atomic E-state index is -0.0571. The molecule has 2 aliphatic rings. The first-order valence-electron chi connectivity index (χ1n) is 8.15. The molecule has 0 bridgehead atoms. The van der Waals surface area contributed by atoms with Crippen LogP contribution in [0.25, 0.3) is 0 Å². The number of hydrogen-bond donors (Lipinski definition) is 0. The highest BCUT2D eigenvalue weighted by Crippen LogP contribution is 2.25. The van der Waals surface area contributed by atoms with Crippen LogP contribution in [0, 0.1) is 12.8 Å². The van der Waals surface area contributed by atoms with E-state index < -0.39 is 0 Å². The molecule has 2 amide bonds. The van der Waals surface area contributed by atoms with Gasteiger partial charge in [0.15, 0.2) is 0 Å². The lowest BCUT2D eigenvalue weighted by atomic mass is 9.95. The van der Waals surface area contributed by atoms with E-state index in [-0.39, 0.29) is 17.7 Å². The second-order valence-corrected chi connectivity index (χ2v) is 6.21. The predicted molar refractivity (Wildman–Crippen MR) is 80.4 cm³/mol. The number of aromatic nitrogens is 1. The third kappa shape index (κ3) is 2.62. The third-order valence-electron chi connectivity index (χ3n) is 4.67. The molecule has 0 spiro atoms. The van der Waals surface area contributed by atoms with Gasteiger partial charge in [0, 0.05) is 26.2 Å². The van der Waals surface area contributed by atoms with Crippen LogP contribution in [0.2, 0.25) is 0 Å². The minimum absolute atomic E-state index is 0.0349. The number of likely N-dealkylation sites (tertiary alicyclic amines) is 2. The molecule has 0 radical (unpaired) electrons. The molecule has 0 atom stereocenters. The minimum Gasteiger partial charge on any atom is -0.361 e. The summed E-state index contributed by atoms with van der Waals surface area (Å²) in [6.07, 6.45) is 4.08. The quantitative estimate of drug-likeness (QED) is 0.851. The maximum absolute atomic E-state index is 12.5. The van der Waals surface area contributed by atoms with Crippen LogP contribution < -0.4 is 0 Å². The van der Waals surface area contributed by atoms with Gasteiger partial charge in [-0.25, -0.2) is 0 Å². The van der Waals surface area contributed by atoms with E-state index in [1.165, 1.54) is 6.42 Å². The van der Waals surface area contributed by atoms with Gasteiger partial charge in [-0.05, 0) is 32.6 Å². The average Bonchev–Trinajstić information content (AvgIpc) is 2.87. The van der Waals surface area contributed by atoms with E-state index in [0.29, 0.717) is 36.5 Å². The van der Waals surface area contributed by atoms with Gasteiger partial charge in [0.25, 0.3) is 5.91 Å². The smallest absolute Gasteiger partial charge is 0.259 e. The van der Waals surface area contributed by atoms with Crippen molar-refractivity contribution in [3.8, 4) is 0 Å². The molecule has 120 valence electrons. The maximum Gasteiger partial charge on any atom is 0.259 e. The largest absolute Gasteiger partial charge is 0.361 e. The first-order valence-corrected chi connectivity index (χ1v) is 8.15. The number of amides is 2. The first kappa shape index (κ1) is 15.1. The standard InChI is InChI=1S/C16H23N3O3/c1-3-13-14(11(2)22-17-13)16(21)19-9-12(10-19)15(20)18-7-5-4-6-8-18/h12H,3-10H2,1-2H3. The van der Waals surface area contributed by atoms with Gasteiger partial charge < -0.3 is 14.3 Å². The van der Waals surface area contributed by atoms with Crippen molar-refractivity contribution in [1.29, 1.82) is 0 Å². The monoisotopic (exact) mass is 305 g/mol. The summed E-state index contributed by atoms with van der Waals surface area (Å²) in [4.78, 5) is 28.6. The summed E-state index contributed by atoms with van der Waals surface area (Å²) >= 11 is 0. The van der Waals surface area contributed by atoms with Crippen LogP contribution in [-0.4, -0.2) is 52.9 Å². The summed E-state index contributed by atoms with van der Waals surface area (Å²) in [7, 11) is 0. The van der Waals surface area contributed by atoms with Crippen molar-refractivity contribution in [2.75, 3.05) is 26.2 Å². The zero-order valence-corrected chi connectivity index (χ0v) is 13.3. The molecule has 3 heterocycles. The predicted octanol–water partition coefficient (Wildman–Crippen LogP) is 1.63. The molecule has 6 nitrogen and oxygen atoms in total. The normalized spacial score (nSPS) is 19.2. The Morgan fingerprint density at radius 3 is 2.50 bits per heavy atom. The zero-order valence-electron chi connectivity index (χ0n) is 13.3. The van der Waals surface area contributed by atoms with Crippen LogP contribution in [-0.2, 0) is 11.2 Å². The lowest BCUT2D eigenvalue weighted by molar-refractivity contribution is -0.140. The summed E-state index contributed by atoms with van der Waals surface area (Å²) in [6.45, 7) is 6.48. The van der Waals surface area contributed by atoms with Gasteiger partial charge >= 0.3 is 0 Å². The van der Waals surface area contributed by atoms with Crippen LogP contribution in [0.15, 0.2) is 4.52 Å². The number of hydrogen-bond acceptors (Lipinski definition) is 4. The highest BCUT2D eigenvalue weighted by molar-refractivity contribution is 5.97. The second kappa shape index (κ2) is 6.10. The van der Waals surface area contributed by atoms with Crippen LogP contribution >= 0.6 is 0 Å². The van der Waals surface area contributed by atoms with Gasteiger partial charge in [0.1, 0.15) is 11.3 Å². The number of aryl methyl sites for hydroxylation is 2. The summed E-state index contributed by atoms with van der Waals surface area (Å²) < 4.78 is 5.12. The Bertz CT molecular complexity index is 569. The summed E-state index contributed by atoms with van der Waals surface area (Å²) in [5, 5.41) is 3.93. The highest BCUT2D eigenvalue weighted by Gasteiger charge is 2.39. The van der Waals surface area contributed by atoms with Gasteiger partial charge in [-0.2, -0.15) is 0 Å². The molecule has 0 saturated carbocycles. The number of carbonyl (C=O) groups is 2. The van der Waals surface area contributed by atoms with Crippen molar-refractivity contribution in [3.05, 3.63) is 17.0 Å². The Labute approximate surface area is 130 Å². The van der Waals surface area contributed by atoms with E-state index in [1.807, 2.05) is 11.8 Å². The van der Waals surface area contributed by atoms with Crippen molar-refractivity contribution in [2.24, 2.45) is 5.92 Å². The average molecular weight is 305 g/mol. The molecule has 0 unspecified atom stereocenters. The van der Waals surface area contributed by atoms with E-state index in [4.69, 9.17) is 4.52 Å². The van der Waals surface area contributed by atoms with Gasteiger partial charge in [-0.3, -0.25) is 9.59 Å². The molecule has 2 saturated heterocycles. The van der Waals surface area contributed by atoms with Crippen LogP contribution in [0.4, 0.5) is 0 Å². The summed E-state index contributed by atoms with van der Waals surface area (Å²) in [6, 6.07) is 0. The molecule has 2 aliphatic heterocycles. The zero-order chi connectivity index (χ0) is 15.7. The molecule has 2 fully saturated rings. The van der Waals surface area contributed by atoms with Gasteiger partial charge in [-0.1, -0.05) is 12.1 Å². The van der Waals surface area contributed by atoms with E-state index in [2.05, 4.69) is 5.16 Å². The molecule has 0 aromatic carbocycles. The van der Waals surface area contributed by atoms with Crippen molar-refractivity contribution >= 4 is 11.8 Å². The Morgan fingerprint density at radius 2 is 1.86 bits per heavy atom. The fourth-order valence-corrected chi connectivity index (χ4v) is 3.26. The fraction of sp³-hybridized carbons (Fsp3) is 0.688. The van der Waals surface area contributed by atoms with E-state index in [9.17, 15) is 9.59 Å². The Morgan fingerprint density at radius 1 is 1.18 bits per heavy atom. The van der Waals surface area contributed by atoms with Crippen molar-refractivity contribution < 1.29 is 14.1 Å². The number of rotatable bonds is 3. The van der Waals surface area contributed by atoms with E-state index in [1.54, 1.807) is 11.8 Å². The second-order valence-electron chi connectivity index (χ2n) is 6.21. The fourth-order valence-electron chi connectivity index (χ4n) is 3.26. The van der Waals surface area contributed by atoms with Crippen molar-refractivity contribution in [3.63, 3.8) is 0 Å². The molecular formula is C16H23N3O3. The summed E-state index contributed by atoms with van der Waals surface area (Å²) in [5.74, 6) is 0.680. The number of piperidine rings is 1. The lowest BCUT2D eigenvalue weighted by Gasteiger charge is -2.41. The SMILES string of the molecule is CCc1noc(C)c1C(=O)N1CC(C(=O)N2CCCCC2)C1. The highest BCUT2D eigenvalue weighted by atomic mass is 16.5. The first-order chi connectivity index (χ1) is 10.6. The molecule has 6 heteroatoms. The van der Waals surface area contributed by atoms with Crippen molar-refractivity contribution in [2.45, 2.75) is 39.5 Å². The Balaban J connectivity index is 1.59. The molecule has 0 aliphatic carbocycles. The molecule has 1 aromatic heterocycles. The molecular weight excluding hydrogens is 282 g/mol. The maximum atomic E-state index is 12.5. The van der Waals surface area contributed by atoms with Crippen LogP contribution in [0.1, 0.15) is 48.0 Å². The molecule has 0 N–H and O–H groups in total. The summed E-state index contributed by atoms with van der Waals surface area (Å²) in [5.41, 5.74) is 1.28. The molecule has 1 aromatic rings. The lowest BCUT2D eigenvalue weighted by Crippen LogP contribution is -2.57. The Hall–Kier alpha value is -1.85. The van der Waals surface area contributed by atoms with E-state index in [0.717, 1.165) is 25.9 Å².